The van der Waals surface area contributed by atoms with Crippen molar-refractivity contribution in [3.8, 4) is 0 Å². The molecule has 0 radical (unpaired) electrons. The minimum absolute atomic E-state index is 0.00597. The van der Waals surface area contributed by atoms with Gasteiger partial charge in [-0.1, -0.05) is 38.1 Å². The molecule has 1 aromatic carbocycles. The average molecular weight is 306 g/mol. The summed E-state index contributed by atoms with van der Waals surface area (Å²) in [6, 6.07) is 8.05. The molecule has 0 heterocycles. The van der Waals surface area contributed by atoms with Crippen LogP contribution in [-0.4, -0.2) is 38.6 Å². The minimum atomic E-state index is -0.210. The largest absolute Gasteiger partial charge is 0.383 e. The lowest BCUT2D eigenvalue weighted by molar-refractivity contribution is -0.125. The molecular formula is C17H26N2O3. The molecule has 0 fully saturated rings. The molecule has 0 atom stereocenters. The Morgan fingerprint density at radius 2 is 1.68 bits per heavy atom. The third-order valence-electron chi connectivity index (χ3n) is 3.11. The molecule has 0 aromatic heterocycles. The molecule has 0 spiro atoms. The molecule has 0 bridgehead atoms. The second kappa shape index (κ2) is 9.95. The third kappa shape index (κ3) is 7.78. The summed E-state index contributed by atoms with van der Waals surface area (Å²) in [5.74, 6) is 0.252. The van der Waals surface area contributed by atoms with Crippen molar-refractivity contribution in [2.45, 2.75) is 26.7 Å². The van der Waals surface area contributed by atoms with E-state index in [0.717, 1.165) is 12.0 Å². The number of benzene rings is 1. The van der Waals surface area contributed by atoms with Gasteiger partial charge >= 0.3 is 0 Å². The number of methoxy groups -OCH3 is 1. The maximum atomic E-state index is 11.8. The Labute approximate surface area is 132 Å². The Balaban J connectivity index is 2.31. The molecule has 5 nitrogen and oxygen atoms in total. The molecule has 2 N–H and O–H groups in total. The number of rotatable bonds is 9. The number of carbonyl (C=O) groups excluding carboxylic acids is 2. The zero-order chi connectivity index (χ0) is 16.4. The van der Waals surface area contributed by atoms with Gasteiger partial charge in [0.1, 0.15) is 0 Å². The Morgan fingerprint density at radius 1 is 1.05 bits per heavy atom. The Kier molecular flexibility index (Phi) is 8.22. The van der Waals surface area contributed by atoms with Gasteiger partial charge in [-0.3, -0.25) is 9.59 Å². The molecule has 0 aliphatic carbocycles. The van der Waals surface area contributed by atoms with Crippen LogP contribution in [0, 0.1) is 5.92 Å². The molecular weight excluding hydrogens is 280 g/mol. The van der Waals surface area contributed by atoms with Crippen molar-refractivity contribution in [3.05, 3.63) is 35.4 Å². The fourth-order valence-electron chi connectivity index (χ4n) is 2.05. The van der Waals surface area contributed by atoms with Crippen molar-refractivity contribution < 1.29 is 14.3 Å². The Hall–Kier alpha value is -1.88. The summed E-state index contributed by atoms with van der Waals surface area (Å²) in [7, 11) is 1.57. The van der Waals surface area contributed by atoms with Crippen LogP contribution in [0.4, 0.5) is 0 Å². The lowest BCUT2D eigenvalue weighted by Gasteiger charge is -2.08. The van der Waals surface area contributed by atoms with E-state index < -0.39 is 0 Å². The first-order chi connectivity index (χ1) is 10.5. The average Bonchev–Trinajstić information content (AvgIpc) is 2.47. The predicted octanol–water partition coefficient (Wildman–Crippen LogP) is 1.31. The van der Waals surface area contributed by atoms with E-state index in [0.29, 0.717) is 19.1 Å². The second-order valence-electron chi connectivity index (χ2n) is 5.71. The molecule has 2 amide bonds. The summed E-state index contributed by atoms with van der Waals surface area (Å²) in [6.45, 7) is 5.26. The number of carbonyl (C=O) groups is 2. The number of ether oxygens (including phenoxy) is 1. The van der Waals surface area contributed by atoms with Crippen molar-refractivity contribution in [1.82, 2.24) is 10.6 Å². The van der Waals surface area contributed by atoms with Crippen LogP contribution < -0.4 is 10.6 Å². The van der Waals surface area contributed by atoms with Gasteiger partial charge in [0, 0.05) is 13.7 Å². The van der Waals surface area contributed by atoms with E-state index in [4.69, 9.17) is 4.74 Å². The van der Waals surface area contributed by atoms with Gasteiger partial charge in [0.25, 0.3) is 0 Å². The van der Waals surface area contributed by atoms with Crippen LogP contribution in [0.25, 0.3) is 0 Å². The second-order valence-corrected chi connectivity index (χ2v) is 5.71. The number of hydrogen-bond acceptors (Lipinski definition) is 3. The van der Waals surface area contributed by atoms with E-state index >= 15 is 0 Å². The maximum Gasteiger partial charge on any atom is 0.239 e. The molecule has 0 saturated heterocycles. The SMILES string of the molecule is COCCNC(=O)CNC(=O)Cc1ccc(CC(C)C)cc1. The molecule has 5 heteroatoms. The molecule has 0 saturated carbocycles. The molecule has 1 aromatic rings. The summed E-state index contributed by atoms with van der Waals surface area (Å²) in [4.78, 5) is 23.2. The van der Waals surface area contributed by atoms with E-state index in [9.17, 15) is 9.59 Å². The van der Waals surface area contributed by atoms with Crippen LogP contribution in [0.3, 0.4) is 0 Å². The summed E-state index contributed by atoms with van der Waals surface area (Å²) in [6.07, 6.45) is 1.32. The van der Waals surface area contributed by atoms with E-state index in [1.165, 1.54) is 5.56 Å². The molecule has 0 aliphatic rings. The van der Waals surface area contributed by atoms with E-state index in [-0.39, 0.29) is 24.8 Å². The number of nitrogens with one attached hydrogen (secondary N) is 2. The lowest BCUT2D eigenvalue weighted by atomic mass is 10.0. The highest BCUT2D eigenvalue weighted by molar-refractivity contribution is 5.85. The monoisotopic (exact) mass is 306 g/mol. The van der Waals surface area contributed by atoms with E-state index in [2.05, 4.69) is 36.6 Å². The highest BCUT2D eigenvalue weighted by Crippen LogP contribution is 2.10. The summed E-state index contributed by atoms with van der Waals surface area (Å²) in [5, 5.41) is 5.26. The van der Waals surface area contributed by atoms with Crippen LogP contribution in [0.2, 0.25) is 0 Å². The first kappa shape index (κ1) is 18.2. The summed E-state index contributed by atoms with van der Waals surface area (Å²) >= 11 is 0. The Morgan fingerprint density at radius 3 is 2.27 bits per heavy atom. The van der Waals surface area contributed by atoms with Crippen molar-refractivity contribution >= 4 is 11.8 Å². The molecule has 22 heavy (non-hydrogen) atoms. The van der Waals surface area contributed by atoms with E-state index in [1.54, 1.807) is 7.11 Å². The zero-order valence-corrected chi connectivity index (χ0v) is 13.6. The minimum Gasteiger partial charge on any atom is -0.383 e. The Bertz CT molecular complexity index is 469. The first-order valence-corrected chi connectivity index (χ1v) is 7.61. The van der Waals surface area contributed by atoms with Crippen LogP contribution in [0.5, 0.6) is 0 Å². The summed E-state index contributed by atoms with van der Waals surface area (Å²) < 4.78 is 4.83. The molecule has 122 valence electrons. The van der Waals surface area contributed by atoms with E-state index in [1.807, 2.05) is 12.1 Å². The van der Waals surface area contributed by atoms with Gasteiger partial charge in [0.05, 0.1) is 19.6 Å². The van der Waals surface area contributed by atoms with Crippen molar-refractivity contribution in [2.75, 3.05) is 26.8 Å². The topological polar surface area (TPSA) is 67.4 Å². The molecule has 0 aliphatic heterocycles. The van der Waals surface area contributed by atoms with Crippen molar-refractivity contribution in [3.63, 3.8) is 0 Å². The number of hydrogen-bond donors (Lipinski definition) is 2. The van der Waals surface area contributed by atoms with Gasteiger partial charge in [-0.2, -0.15) is 0 Å². The normalized spacial score (nSPS) is 10.5. The van der Waals surface area contributed by atoms with Gasteiger partial charge < -0.3 is 15.4 Å². The zero-order valence-electron chi connectivity index (χ0n) is 13.6. The lowest BCUT2D eigenvalue weighted by Crippen LogP contribution is -2.38. The highest BCUT2D eigenvalue weighted by Gasteiger charge is 2.06. The van der Waals surface area contributed by atoms with Crippen LogP contribution in [-0.2, 0) is 27.2 Å². The fourth-order valence-corrected chi connectivity index (χ4v) is 2.05. The van der Waals surface area contributed by atoms with Crippen molar-refractivity contribution in [1.29, 1.82) is 0 Å². The van der Waals surface area contributed by atoms with Gasteiger partial charge in [-0.25, -0.2) is 0 Å². The van der Waals surface area contributed by atoms with Crippen LogP contribution in [0.15, 0.2) is 24.3 Å². The third-order valence-corrected chi connectivity index (χ3v) is 3.11. The molecule has 0 unspecified atom stereocenters. The maximum absolute atomic E-state index is 11.8. The van der Waals surface area contributed by atoms with Gasteiger partial charge in [-0.15, -0.1) is 0 Å². The fraction of sp³-hybridized carbons (Fsp3) is 0.529. The smallest absolute Gasteiger partial charge is 0.239 e. The molecule has 1 rings (SSSR count). The van der Waals surface area contributed by atoms with Gasteiger partial charge in [0.15, 0.2) is 0 Å². The number of amides is 2. The highest BCUT2D eigenvalue weighted by atomic mass is 16.5. The predicted molar refractivity (Wildman–Crippen MR) is 86.6 cm³/mol. The first-order valence-electron chi connectivity index (χ1n) is 7.61. The van der Waals surface area contributed by atoms with Crippen LogP contribution >= 0.6 is 0 Å². The van der Waals surface area contributed by atoms with Crippen molar-refractivity contribution in [2.24, 2.45) is 5.92 Å². The standard InChI is InChI=1S/C17H26N2O3/c1-13(2)10-14-4-6-15(7-5-14)11-16(20)19-12-17(21)18-8-9-22-3/h4-7,13H,8-12H2,1-3H3,(H,18,21)(H,19,20). The van der Waals surface area contributed by atoms with Gasteiger partial charge in [-0.05, 0) is 23.5 Å². The van der Waals surface area contributed by atoms with Crippen LogP contribution in [0.1, 0.15) is 25.0 Å². The van der Waals surface area contributed by atoms with Gasteiger partial charge in [0.2, 0.25) is 11.8 Å². The summed E-state index contributed by atoms with van der Waals surface area (Å²) in [5.41, 5.74) is 2.22. The quantitative estimate of drug-likeness (QED) is 0.676.